The van der Waals surface area contributed by atoms with E-state index in [1.807, 2.05) is 42.5 Å². The van der Waals surface area contributed by atoms with Crippen LogP contribution in [0.3, 0.4) is 0 Å². The summed E-state index contributed by atoms with van der Waals surface area (Å²) in [7, 11) is 0. The van der Waals surface area contributed by atoms with E-state index >= 15 is 0 Å². The van der Waals surface area contributed by atoms with Gasteiger partial charge in [-0.2, -0.15) is 0 Å². The molecular weight excluding hydrogens is 357 g/mol. The number of benzene rings is 2. The smallest absolute Gasteiger partial charge is 0.127 e. The molecule has 0 saturated carbocycles. The Hall–Kier alpha value is -1.75. The van der Waals surface area contributed by atoms with Crippen LogP contribution in [0.1, 0.15) is 18.4 Å². The Balaban J connectivity index is 1.68. The molecule has 2 N–H and O–H groups in total. The van der Waals surface area contributed by atoms with Crippen LogP contribution in [0.25, 0.3) is 0 Å². The summed E-state index contributed by atoms with van der Waals surface area (Å²) in [6, 6.07) is 13.6. The number of hydrogen-bond acceptors (Lipinski definition) is 3. The molecule has 1 fully saturated rings. The van der Waals surface area contributed by atoms with Crippen molar-refractivity contribution in [1.29, 1.82) is 0 Å². The van der Waals surface area contributed by atoms with Gasteiger partial charge < -0.3 is 15.4 Å². The maximum absolute atomic E-state index is 6.15. The van der Waals surface area contributed by atoms with Crippen molar-refractivity contribution in [3.05, 3.63) is 58.1 Å². The number of nitrogens with zero attached hydrogens (tertiary/aromatic N) is 1. The van der Waals surface area contributed by atoms with Gasteiger partial charge in [0.25, 0.3) is 0 Å². The Morgan fingerprint density at radius 3 is 2.60 bits per heavy atom. The number of rotatable bonds is 2. The van der Waals surface area contributed by atoms with Crippen LogP contribution >= 0.6 is 23.2 Å². The molecule has 2 aromatic carbocycles. The molecule has 2 heterocycles. The van der Waals surface area contributed by atoms with Crippen molar-refractivity contribution in [3.8, 4) is 0 Å². The maximum Gasteiger partial charge on any atom is 0.127 e. The van der Waals surface area contributed by atoms with E-state index in [2.05, 4.69) is 10.6 Å². The first kappa shape index (κ1) is 16.7. The second-order valence-corrected chi connectivity index (χ2v) is 7.30. The lowest BCUT2D eigenvalue weighted by Gasteiger charge is -2.43. The number of amidine groups is 1. The third-order valence-electron chi connectivity index (χ3n) is 4.72. The van der Waals surface area contributed by atoms with E-state index < -0.39 is 0 Å². The number of ether oxygens (including phenoxy) is 1. The Bertz CT molecular complexity index is 816. The average Bonchev–Trinajstić information content (AvgIpc) is 2.61. The first-order valence-corrected chi connectivity index (χ1v) is 9.12. The Kier molecular flexibility index (Phi) is 4.59. The lowest BCUT2D eigenvalue weighted by molar-refractivity contribution is 0.0778. The summed E-state index contributed by atoms with van der Waals surface area (Å²) in [6.45, 7) is 2.00. The summed E-state index contributed by atoms with van der Waals surface area (Å²) >= 11 is 12.2. The van der Waals surface area contributed by atoms with Crippen molar-refractivity contribution in [1.82, 2.24) is 0 Å². The van der Waals surface area contributed by atoms with Gasteiger partial charge in [-0.15, -0.1) is 0 Å². The zero-order valence-electron chi connectivity index (χ0n) is 13.7. The minimum atomic E-state index is -0.225. The van der Waals surface area contributed by atoms with Gasteiger partial charge in [-0.05, 0) is 35.9 Å². The van der Waals surface area contributed by atoms with Gasteiger partial charge in [-0.25, -0.2) is 0 Å². The molecule has 4 nitrogen and oxygen atoms in total. The topological polar surface area (TPSA) is 45.7 Å². The van der Waals surface area contributed by atoms with Gasteiger partial charge >= 0.3 is 0 Å². The van der Waals surface area contributed by atoms with Gasteiger partial charge in [0.15, 0.2) is 0 Å². The van der Waals surface area contributed by atoms with E-state index in [-0.39, 0.29) is 5.54 Å². The fourth-order valence-corrected chi connectivity index (χ4v) is 3.76. The molecule has 6 heteroatoms. The van der Waals surface area contributed by atoms with Gasteiger partial charge in [0.1, 0.15) is 5.84 Å². The van der Waals surface area contributed by atoms with E-state index in [0.29, 0.717) is 24.8 Å². The molecule has 0 aromatic heterocycles. The highest BCUT2D eigenvalue weighted by Gasteiger charge is 2.41. The molecule has 0 amide bonds. The molecule has 0 radical (unpaired) electrons. The number of halogens is 2. The fourth-order valence-electron chi connectivity index (χ4n) is 3.37. The van der Waals surface area contributed by atoms with Crippen LogP contribution in [0.2, 0.25) is 10.0 Å². The molecule has 1 spiro atoms. The Morgan fingerprint density at radius 2 is 1.80 bits per heavy atom. The van der Waals surface area contributed by atoms with Crippen molar-refractivity contribution in [2.45, 2.75) is 24.9 Å². The molecule has 4 rings (SSSR count). The first-order chi connectivity index (χ1) is 12.1. The van der Waals surface area contributed by atoms with Crippen LogP contribution < -0.4 is 10.6 Å². The van der Waals surface area contributed by atoms with Gasteiger partial charge in [-0.3, -0.25) is 4.99 Å². The van der Waals surface area contributed by atoms with Crippen LogP contribution in [-0.4, -0.2) is 24.6 Å². The minimum Gasteiger partial charge on any atom is -0.381 e. The molecule has 0 atom stereocenters. The lowest BCUT2D eigenvalue weighted by atomic mass is 9.86. The quantitative estimate of drug-likeness (QED) is 0.777. The molecule has 0 bridgehead atoms. The highest BCUT2D eigenvalue weighted by molar-refractivity contribution is 6.31. The number of anilines is 2. The molecular formula is C19H19Cl2N3O. The second-order valence-electron chi connectivity index (χ2n) is 6.43. The van der Waals surface area contributed by atoms with E-state index in [4.69, 9.17) is 32.9 Å². The zero-order chi connectivity index (χ0) is 17.3. The number of hydrogen-bond donors (Lipinski definition) is 2. The number of aliphatic imine (C=N–C) groups is 1. The average molecular weight is 376 g/mol. The second kappa shape index (κ2) is 6.87. The summed E-state index contributed by atoms with van der Waals surface area (Å²) < 4.78 is 5.57. The molecule has 1 saturated heterocycles. The highest BCUT2D eigenvalue weighted by Crippen LogP contribution is 2.38. The number of fused-ring (bicyclic) bond motifs is 1. The van der Waals surface area contributed by atoms with E-state index in [1.54, 1.807) is 0 Å². The maximum atomic E-state index is 6.15. The van der Waals surface area contributed by atoms with Crippen LogP contribution in [0.4, 0.5) is 11.4 Å². The lowest BCUT2D eigenvalue weighted by Crippen LogP contribution is -2.55. The monoisotopic (exact) mass is 375 g/mol. The number of nitrogens with one attached hydrogen (secondary N) is 2. The molecule has 2 aromatic rings. The molecule has 25 heavy (non-hydrogen) atoms. The minimum absolute atomic E-state index is 0.225. The first-order valence-electron chi connectivity index (χ1n) is 8.37. The van der Waals surface area contributed by atoms with Crippen molar-refractivity contribution < 1.29 is 4.74 Å². The van der Waals surface area contributed by atoms with Crippen LogP contribution in [0.15, 0.2) is 47.5 Å². The Labute approximate surface area is 157 Å². The molecule has 2 aliphatic rings. The van der Waals surface area contributed by atoms with Gasteiger partial charge in [0, 0.05) is 36.1 Å². The van der Waals surface area contributed by atoms with Gasteiger partial charge in [-0.1, -0.05) is 35.3 Å². The standard InChI is InChI=1S/C19H19Cl2N3O/c20-14-3-1-2-13(10-14)12-22-18-19(6-8-25-9-7-19)24-16-5-4-15(21)11-17(16)23-18/h1-5,10-11,24H,6-9,12H2,(H,22,23). The van der Waals surface area contributed by atoms with Crippen LogP contribution in [-0.2, 0) is 11.3 Å². The van der Waals surface area contributed by atoms with Crippen LogP contribution in [0.5, 0.6) is 0 Å². The predicted octanol–water partition coefficient (Wildman–Crippen LogP) is 4.98. The van der Waals surface area contributed by atoms with Gasteiger partial charge in [0.2, 0.25) is 0 Å². The van der Waals surface area contributed by atoms with Crippen molar-refractivity contribution >= 4 is 40.4 Å². The van der Waals surface area contributed by atoms with Crippen LogP contribution in [0, 0.1) is 0 Å². The fraction of sp³-hybridized carbons (Fsp3) is 0.316. The molecule has 0 unspecified atom stereocenters. The predicted molar refractivity (Wildman–Crippen MR) is 104 cm³/mol. The zero-order valence-corrected chi connectivity index (χ0v) is 15.2. The SMILES string of the molecule is Clc1cccc(CN=C2Nc3cc(Cl)ccc3NC23CCOCC3)c1. The van der Waals surface area contributed by atoms with E-state index in [9.17, 15) is 0 Å². The summed E-state index contributed by atoms with van der Waals surface area (Å²) in [4.78, 5) is 4.89. The van der Waals surface area contributed by atoms with Crippen molar-refractivity contribution in [3.63, 3.8) is 0 Å². The molecule has 2 aliphatic heterocycles. The third-order valence-corrected chi connectivity index (χ3v) is 5.19. The Morgan fingerprint density at radius 1 is 1.00 bits per heavy atom. The molecule has 0 aliphatic carbocycles. The normalized spacial score (nSPS) is 20.0. The summed E-state index contributed by atoms with van der Waals surface area (Å²) in [6.07, 6.45) is 1.74. The largest absolute Gasteiger partial charge is 0.381 e. The van der Waals surface area contributed by atoms with E-state index in [1.165, 1.54) is 0 Å². The summed E-state index contributed by atoms with van der Waals surface area (Å²) in [5.74, 6) is 0.936. The van der Waals surface area contributed by atoms with Crippen molar-refractivity contribution in [2.24, 2.45) is 4.99 Å². The molecule has 130 valence electrons. The van der Waals surface area contributed by atoms with Gasteiger partial charge in [0.05, 0.1) is 23.5 Å². The third kappa shape index (κ3) is 3.47. The highest BCUT2D eigenvalue weighted by atomic mass is 35.5. The summed E-state index contributed by atoms with van der Waals surface area (Å²) in [5.41, 5.74) is 2.86. The van der Waals surface area contributed by atoms with Crippen molar-refractivity contribution in [2.75, 3.05) is 23.8 Å². The van der Waals surface area contributed by atoms with E-state index in [0.717, 1.165) is 40.6 Å². The summed E-state index contributed by atoms with van der Waals surface area (Å²) in [5, 5.41) is 8.60.